The number of rotatable bonds is 7. The van der Waals surface area contributed by atoms with E-state index in [0.717, 1.165) is 33.5 Å². The van der Waals surface area contributed by atoms with E-state index in [9.17, 15) is 4.79 Å². The van der Waals surface area contributed by atoms with E-state index >= 15 is 0 Å². The predicted molar refractivity (Wildman–Crippen MR) is 141 cm³/mol. The molecule has 0 aliphatic heterocycles. The number of benzene rings is 3. The Kier molecular flexibility index (Phi) is 6.50. The Morgan fingerprint density at radius 2 is 1.59 bits per heavy atom. The first-order valence-corrected chi connectivity index (χ1v) is 12.4. The summed E-state index contributed by atoms with van der Waals surface area (Å²) in [7, 11) is 0. The van der Waals surface area contributed by atoms with Crippen LogP contribution in [0.25, 0.3) is 21.5 Å². The lowest BCUT2D eigenvalue weighted by molar-refractivity contribution is 0.0954. The number of hydrogen-bond acceptors (Lipinski definition) is 3. The van der Waals surface area contributed by atoms with Crippen LogP contribution in [0.2, 0.25) is 0 Å². The number of nitrogens with one attached hydrogen (secondary N) is 1. The van der Waals surface area contributed by atoms with Gasteiger partial charge in [0.1, 0.15) is 0 Å². The van der Waals surface area contributed by atoms with Gasteiger partial charge in [-0.2, -0.15) is 0 Å². The van der Waals surface area contributed by atoms with Crippen molar-refractivity contribution < 1.29 is 4.79 Å². The fourth-order valence-corrected chi connectivity index (χ4v) is 5.09. The quantitative estimate of drug-likeness (QED) is 0.277. The summed E-state index contributed by atoms with van der Waals surface area (Å²) in [6.45, 7) is 2.62. The predicted octanol–water partition coefficient (Wildman–Crippen LogP) is 7.22. The number of fused-ring (bicyclic) bond motifs is 1. The molecule has 3 nitrogen and oxygen atoms in total. The number of nitrogens with zero attached hydrogens (tertiary/aromatic N) is 1. The van der Waals surface area contributed by atoms with Gasteiger partial charge in [-0.15, -0.1) is 11.3 Å². The normalized spacial score (nSPS) is 11.1. The molecule has 0 aliphatic carbocycles. The Morgan fingerprint density at radius 3 is 2.24 bits per heavy atom. The SMILES string of the molecule is Cc1ccc2nc(-c3cccs3)cc(C(=O)NCCC(c3ccccc3)c3ccccc3)c2c1. The third-order valence-corrected chi connectivity index (χ3v) is 7.00. The van der Waals surface area contributed by atoms with E-state index in [1.807, 2.05) is 60.8 Å². The Labute approximate surface area is 204 Å². The topological polar surface area (TPSA) is 42.0 Å². The van der Waals surface area contributed by atoms with Gasteiger partial charge in [-0.05, 0) is 54.1 Å². The van der Waals surface area contributed by atoms with Crippen LogP contribution in [0.5, 0.6) is 0 Å². The zero-order valence-corrected chi connectivity index (χ0v) is 19.9. The molecule has 0 saturated heterocycles. The lowest BCUT2D eigenvalue weighted by Gasteiger charge is -2.19. The van der Waals surface area contributed by atoms with Crippen molar-refractivity contribution in [3.8, 4) is 10.6 Å². The summed E-state index contributed by atoms with van der Waals surface area (Å²) in [5.74, 6) is 0.163. The molecule has 0 unspecified atom stereocenters. The van der Waals surface area contributed by atoms with E-state index in [2.05, 4.69) is 53.8 Å². The Balaban J connectivity index is 1.40. The Morgan fingerprint density at radius 1 is 0.882 bits per heavy atom. The highest BCUT2D eigenvalue weighted by atomic mass is 32.1. The van der Waals surface area contributed by atoms with Crippen LogP contribution in [0, 0.1) is 6.92 Å². The molecule has 0 atom stereocenters. The third-order valence-electron chi connectivity index (χ3n) is 6.10. The van der Waals surface area contributed by atoms with Crippen molar-refractivity contribution in [2.75, 3.05) is 6.54 Å². The molecule has 5 rings (SSSR count). The number of carbonyl (C=O) groups excluding carboxylic acids is 1. The van der Waals surface area contributed by atoms with Gasteiger partial charge in [0.05, 0.1) is 21.7 Å². The van der Waals surface area contributed by atoms with Gasteiger partial charge in [0.2, 0.25) is 0 Å². The van der Waals surface area contributed by atoms with Crippen molar-refractivity contribution in [1.29, 1.82) is 0 Å². The van der Waals surface area contributed by atoms with Gasteiger partial charge >= 0.3 is 0 Å². The van der Waals surface area contributed by atoms with Gasteiger partial charge in [0.15, 0.2) is 0 Å². The molecule has 0 bridgehead atoms. The van der Waals surface area contributed by atoms with Crippen LogP contribution >= 0.6 is 11.3 Å². The summed E-state index contributed by atoms with van der Waals surface area (Å²) in [4.78, 5) is 19.3. The fourth-order valence-electron chi connectivity index (χ4n) is 4.40. The number of pyridine rings is 1. The molecule has 2 heterocycles. The second-order valence-corrected chi connectivity index (χ2v) is 9.42. The van der Waals surface area contributed by atoms with E-state index in [4.69, 9.17) is 4.98 Å². The summed E-state index contributed by atoms with van der Waals surface area (Å²) >= 11 is 1.63. The second kappa shape index (κ2) is 10.0. The van der Waals surface area contributed by atoms with E-state index < -0.39 is 0 Å². The molecule has 3 aromatic carbocycles. The molecule has 0 spiro atoms. The number of hydrogen-bond donors (Lipinski definition) is 1. The first-order chi connectivity index (χ1) is 16.7. The maximum absolute atomic E-state index is 13.4. The average molecular weight is 463 g/mol. The van der Waals surface area contributed by atoms with E-state index in [0.29, 0.717) is 12.1 Å². The van der Waals surface area contributed by atoms with Gasteiger partial charge in [-0.1, -0.05) is 78.4 Å². The minimum atomic E-state index is -0.0596. The van der Waals surface area contributed by atoms with Crippen LogP contribution in [0.1, 0.15) is 39.4 Å². The molecule has 2 aromatic heterocycles. The summed E-state index contributed by atoms with van der Waals surface area (Å²) in [6.07, 6.45) is 0.819. The first-order valence-electron chi connectivity index (χ1n) is 11.5. The van der Waals surface area contributed by atoms with Crippen LogP contribution < -0.4 is 5.32 Å². The highest BCUT2D eigenvalue weighted by molar-refractivity contribution is 7.13. The van der Waals surface area contributed by atoms with Gasteiger partial charge in [-0.3, -0.25) is 4.79 Å². The molecule has 1 amide bonds. The molecular weight excluding hydrogens is 436 g/mol. The number of thiophene rings is 1. The summed E-state index contributed by atoms with van der Waals surface area (Å²) in [6, 6.07) is 33.1. The minimum Gasteiger partial charge on any atom is -0.352 e. The van der Waals surface area contributed by atoms with Crippen LogP contribution in [-0.2, 0) is 0 Å². The van der Waals surface area contributed by atoms with Crippen molar-refractivity contribution in [2.45, 2.75) is 19.3 Å². The van der Waals surface area contributed by atoms with Gasteiger partial charge in [-0.25, -0.2) is 4.98 Å². The Hall–Kier alpha value is -3.76. The van der Waals surface area contributed by atoms with Crippen molar-refractivity contribution in [1.82, 2.24) is 10.3 Å². The molecule has 0 fully saturated rings. The van der Waals surface area contributed by atoms with Gasteiger partial charge in [0, 0.05) is 17.8 Å². The van der Waals surface area contributed by atoms with Crippen molar-refractivity contribution in [2.24, 2.45) is 0 Å². The smallest absolute Gasteiger partial charge is 0.252 e. The Bertz CT molecular complexity index is 1360. The molecule has 168 valence electrons. The molecule has 4 heteroatoms. The molecule has 1 N–H and O–H groups in total. The van der Waals surface area contributed by atoms with Crippen LogP contribution in [0.3, 0.4) is 0 Å². The molecule has 0 saturated carbocycles. The molecule has 0 aliphatic rings. The largest absolute Gasteiger partial charge is 0.352 e. The zero-order valence-electron chi connectivity index (χ0n) is 19.1. The number of amides is 1. The molecule has 5 aromatic rings. The van der Waals surface area contributed by atoms with Crippen LogP contribution in [-0.4, -0.2) is 17.4 Å². The van der Waals surface area contributed by atoms with Crippen LogP contribution in [0.4, 0.5) is 0 Å². The van der Waals surface area contributed by atoms with Gasteiger partial charge in [0.25, 0.3) is 5.91 Å². The van der Waals surface area contributed by atoms with Crippen LogP contribution in [0.15, 0.2) is 102 Å². The third kappa shape index (κ3) is 4.78. The second-order valence-electron chi connectivity index (χ2n) is 8.47. The van der Waals surface area contributed by atoms with Crippen molar-refractivity contribution in [3.05, 3.63) is 125 Å². The first kappa shape index (κ1) is 22.1. The van der Waals surface area contributed by atoms with Crippen molar-refractivity contribution >= 4 is 28.1 Å². The number of aromatic nitrogens is 1. The lowest BCUT2D eigenvalue weighted by Crippen LogP contribution is -2.26. The maximum Gasteiger partial charge on any atom is 0.252 e. The average Bonchev–Trinajstić information content (AvgIpc) is 3.42. The van der Waals surface area contributed by atoms with E-state index in [-0.39, 0.29) is 11.8 Å². The monoisotopic (exact) mass is 462 g/mol. The zero-order chi connectivity index (χ0) is 23.3. The molecule has 34 heavy (non-hydrogen) atoms. The fraction of sp³-hybridized carbons (Fsp3) is 0.133. The highest BCUT2D eigenvalue weighted by Gasteiger charge is 2.17. The number of aryl methyl sites for hydroxylation is 1. The summed E-state index contributed by atoms with van der Waals surface area (Å²) in [5.41, 5.74) is 5.98. The standard InChI is InChI=1S/C30H26N2OS/c1-21-14-15-27-25(19-21)26(20-28(32-27)29-13-8-18-34-29)30(33)31-17-16-24(22-9-4-2-5-10-22)23-11-6-3-7-12-23/h2-15,18-20,24H,16-17H2,1H3,(H,31,33). The summed E-state index contributed by atoms with van der Waals surface area (Å²) in [5, 5.41) is 6.11. The van der Waals surface area contributed by atoms with Crippen molar-refractivity contribution in [3.63, 3.8) is 0 Å². The highest BCUT2D eigenvalue weighted by Crippen LogP contribution is 2.29. The lowest BCUT2D eigenvalue weighted by atomic mass is 9.88. The van der Waals surface area contributed by atoms with E-state index in [1.165, 1.54) is 11.1 Å². The minimum absolute atomic E-state index is 0.0596. The number of carbonyl (C=O) groups is 1. The van der Waals surface area contributed by atoms with Gasteiger partial charge < -0.3 is 5.32 Å². The summed E-state index contributed by atoms with van der Waals surface area (Å²) < 4.78 is 0. The molecular formula is C30H26N2OS. The molecule has 0 radical (unpaired) electrons. The van der Waals surface area contributed by atoms with E-state index in [1.54, 1.807) is 11.3 Å². The maximum atomic E-state index is 13.4.